The van der Waals surface area contributed by atoms with Crippen molar-refractivity contribution in [2.45, 2.75) is 37.6 Å². The molecule has 4 unspecified atom stereocenters. The Labute approximate surface area is 166 Å². The lowest BCUT2D eigenvalue weighted by atomic mass is 9.97. The van der Waals surface area contributed by atoms with Gasteiger partial charge in [0.2, 0.25) is 0 Å². The van der Waals surface area contributed by atoms with E-state index >= 15 is 0 Å². The van der Waals surface area contributed by atoms with Crippen molar-refractivity contribution in [3.8, 4) is 0 Å². The van der Waals surface area contributed by atoms with Crippen molar-refractivity contribution >= 4 is 11.9 Å². The standard InChI is InChI=1S/C20H19N3O6/c1-12-15(22-23-21)16(28-18(24)13-8-4-2-5-9-13)17(20(26)27-12)29-19(25)14-10-6-3-7-11-14/h2-12,15-17,20,26H,1H3/t12?,15?,16?,17?,20-/m0/s1. The molecule has 0 saturated carbocycles. The molecule has 1 N–H and O–H groups in total. The minimum atomic E-state index is -1.57. The van der Waals surface area contributed by atoms with E-state index in [2.05, 4.69) is 10.0 Å². The van der Waals surface area contributed by atoms with Gasteiger partial charge >= 0.3 is 11.9 Å². The smallest absolute Gasteiger partial charge is 0.338 e. The van der Waals surface area contributed by atoms with Crippen LogP contribution in [-0.2, 0) is 14.2 Å². The average Bonchev–Trinajstić information content (AvgIpc) is 2.74. The zero-order chi connectivity index (χ0) is 20.8. The molecule has 0 spiro atoms. The van der Waals surface area contributed by atoms with Crippen LogP contribution in [0.1, 0.15) is 27.6 Å². The molecule has 1 saturated heterocycles. The number of benzene rings is 2. The molecule has 0 aromatic heterocycles. The summed E-state index contributed by atoms with van der Waals surface area (Å²) in [5.74, 6) is -1.45. The van der Waals surface area contributed by atoms with E-state index in [9.17, 15) is 14.7 Å². The highest BCUT2D eigenvalue weighted by atomic mass is 16.7. The highest BCUT2D eigenvalue weighted by Crippen LogP contribution is 2.28. The van der Waals surface area contributed by atoms with E-state index in [1.54, 1.807) is 55.5 Å². The highest BCUT2D eigenvalue weighted by molar-refractivity contribution is 5.90. The van der Waals surface area contributed by atoms with Gasteiger partial charge in [-0.3, -0.25) is 0 Å². The van der Waals surface area contributed by atoms with Gasteiger partial charge in [-0.15, -0.1) is 0 Å². The topological polar surface area (TPSA) is 131 Å². The first-order valence-electron chi connectivity index (χ1n) is 8.91. The summed E-state index contributed by atoms with van der Waals surface area (Å²) in [6.07, 6.45) is -4.98. The quantitative estimate of drug-likeness (QED) is 0.357. The number of aliphatic hydroxyl groups excluding tert-OH is 1. The summed E-state index contributed by atoms with van der Waals surface area (Å²) < 4.78 is 16.2. The van der Waals surface area contributed by atoms with Gasteiger partial charge in [0.05, 0.1) is 17.2 Å². The maximum Gasteiger partial charge on any atom is 0.338 e. The third-order valence-electron chi connectivity index (χ3n) is 4.47. The van der Waals surface area contributed by atoms with E-state index in [1.165, 1.54) is 12.1 Å². The second-order valence-electron chi connectivity index (χ2n) is 6.40. The van der Waals surface area contributed by atoms with Crippen molar-refractivity contribution in [2.75, 3.05) is 0 Å². The predicted molar refractivity (Wildman–Crippen MR) is 101 cm³/mol. The number of carbonyl (C=O) groups excluding carboxylic acids is 2. The van der Waals surface area contributed by atoms with Crippen molar-refractivity contribution in [2.24, 2.45) is 5.11 Å². The van der Waals surface area contributed by atoms with Crippen molar-refractivity contribution in [3.63, 3.8) is 0 Å². The van der Waals surface area contributed by atoms with E-state index in [0.29, 0.717) is 0 Å². The van der Waals surface area contributed by atoms with Gasteiger partial charge in [-0.25, -0.2) is 9.59 Å². The number of carbonyl (C=O) groups is 2. The maximum absolute atomic E-state index is 12.6. The fourth-order valence-electron chi connectivity index (χ4n) is 3.01. The third-order valence-corrected chi connectivity index (χ3v) is 4.47. The van der Waals surface area contributed by atoms with Gasteiger partial charge in [0.1, 0.15) is 6.04 Å². The summed E-state index contributed by atoms with van der Waals surface area (Å²) in [6, 6.07) is 15.3. The first-order valence-corrected chi connectivity index (χ1v) is 8.91. The fraction of sp³-hybridized carbons (Fsp3) is 0.300. The first-order chi connectivity index (χ1) is 14.0. The lowest BCUT2D eigenvalue weighted by Crippen LogP contribution is -2.58. The lowest BCUT2D eigenvalue weighted by Gasteiger charge is -2.41. The van der Waals surface area contributed by atoms with E-state index in [-0.39, 0.29) is 11.1 Å². The molecule has 2 aromatic rings. The molecular formula is C20H19N3O6. The Morgan fingerprint density at radius 1 is 0.966 bits per heavy atom. The van der Waals surface area contributed by atoms with E-state index in [1.807, 2.05) is 0 Å². The Balaban J connectivity index is 1.88. The number of hydrogen-bond donors (Lipinski definition) is 1. The molecule has 1 fully saturated rings. The predicted octanol–water partition coefficient (Wildman–Crippen LogP) is 2.85. The number of esters is 2. The summed E-state index contributed by atoms with van der Waals surface area (Å²) in [6.45, 7) is 1.56. The zero-order valence-corrected chi connectivity index (χ0v) is 15.5. The van der Waals surface area contributed by atoms with Gasteiger partial charge < -0.3 is 19.3 Å². The van der Waals surface area contributed by atoms with Crippen LogP contribution in [0, 0.1) is 0 Å². The van der Waals surface area contributed by atoms with Crippen LogP contribution < -0.4 is 0 Å². The number of azide groups is 1. The molecule has 5 atom stereocenters. The second-order valence-corrected chi connectivity index (χ2v) is 6.40. The largest absolute Gasteiger partial charge is 0.454 e. The van der Waals surface area contributed by atoms with E-state index < -0.39 is 42.6 Å². The Hall–Kier alpha value is -3.39. The summed E-state index contributed by atoms with van der Waals surface area (Å²) in [7, 11) is 0. The van der Waals surface area contributed by atoms with Crippen molar-refractivity contribution in [1.82, 2.24) is 0 Å². The zero-order valence-electron chi connectivity index (χ0n) is 15.5. The number of hydrogen-bond acceptors (Lipinski definition) is 7. The van der Waals surface area contributed by atoms with Crippen LogP contribution in [0.3, 0.4) is 0 Å². The Morgan fingerprint density at radius 3 is 1.93 bits per heavy atom. The SMILES string of the molecule is CC1O[C@H](O)C(OC(=O)c2ccccc2)C(OC(=O)c2ccccc2)C1N=[N+]=[N-]. The molecular weight excluding hydrogens is 378 g/mol. The van der Waals surface area contributed by atoms with Crippen LogP contribution in [-0.4, -0.2) is 47.7 Å². The van der Waals surface area contributed by atoms with E-state index in [0.717, 1.165) is 0 Å². The molecule has 9 heteroatoms. The molecule has 3 rings (SSSR count). The first kappa shape index (κ1) is 20.3. The molecule has 1 aliphatic heterocycles. The molecule has 9 nitrogen and oxygen atoms in total. The van der Waals surface area contributed by atoms with Gasteiger partial charge in [0.15, 0.2) is 18.5 Å². The van der Waals surface area contributed by atoms with Gasteiger partial charge in [-0.2, -0.15) is 0 Å². The highest BCUT2D eigenvalue weighted by Gasteiger charge is 2.48. The van der Waals surface area contributed by atoms with Crippen LogP contribution >= 0.6 is 0 Å². The molecule has 0 bridgehead atoms. The molecule has 0 aliphatic carbocycles. The number of nitrogens with zero attached hydrogens (tertiary/aromatic N) is 3. The molecule has 2 aromatic carbocycles. The molecule has 1 aliphatic rings. The van der Waals surface area contributed by atoms with Crippen LogP contribution in [0.15, 0.2) is 65.8 Å². The Bertz CT molecular complexity index is 901. The molecule has 150 valence electrons. The molecule has 0 amide bonds. The number of rotatable bonds is 5. The summed E-state index contributed by atoms with van der Waals surface area (Å²) in [5, 5.41) is 14.0. The van der Waals surface area contributed by atoms with Crippen LogP contribution in [0.25, 0.3) is 10.4 Å². The minimum absolute atomic E-state index is 0.242. The minimum Gasteiger partial charge on any atom is -0.454 e. The Morgan fingerprint density at radius 2 is 1.45 bits per heavy atom. The van der Waals surface area contributed by atoms with Gasteiger partial charge in [0.25, 0.3) is 0 Å². The lowest BCUT2D eigenvalue weighted by molar-refractivity contribution is -0.248. The fourth-order valence-corrected chi connectivity index (χ4v) is 3.01. The average molecular weight is 397 g/mol. The van der Waals surface area contributed by atoms with Crippen molar-refractivity contribution < 1.29 is 28.9 Å². The summed E-state index contributed by atoms with van der Waals surface area (Å²) in [5.41, 5.74) is 9.41. The summed E-state index contributed by atoms with van der Waals surface area (Å²) >= 11 is 0. The number of aliphatic hydroxyl groups is 1. The van der Waals surface area contributed by atoms with E-state index in [4.69, 9.17) is 19.7 Å². The summed E-state index contributed by atoms with van der Waals surface area (Å²) in [4.78, 5) is 27.8. The second kappa shape index (κ2) is 9.20. The Kier molecular flexibility index (Phi) is 6.46. The van der Waals surface area contributed by atoms with Crippen LogP contribution in [0.2, 0.25) is 0 Å². The normalized spacial score (nSPS) is 26.1. The van der Waals surface area contributed by atoms with Gasteiger partial charge in [-0.1, -0.05) is 41.5 Å². The van der Waals surface area contributed by atoms with Crippen LogP contribution in [0.5, 0.6) is 0 Å². The van der Waals surface area contributed by atoms with Crippen molar-refractivity contribution in [1.29, 1.82) is 0 Å². The monoisotopic (exact) mass is 397 g/mol. The van der Waals surface area contributed by atoms with Gasteiger partial charge in [-0.05, 0) is 36.7 Å². The van der Waals surface area contributed by atoms with Crippen LogP contribution in [0.4, 0.5) is 0 Å². The maximum atomic E-state index is 12.6. The molecule has 1 heterocycles. The molecule has 29 heavy (non-hydrogen) atoms. The van der Waals surface area contributed by atoms with Gasteiger partial charge in [0, 0.05) is 4.91 Å². The third kappa shape index (κ3) is 4.72. The van der Waals surface area contributed by atoms with Crippen molar-refractivity contribution in [3.05, 3.63) is 82.2 Å². The molecule has 0 radical (unpaired) electrons. The number of ether oxygens (including phenoxy) is 3.